The van der Waals surface area contributed by atoms with Crippen molar-refractivity contribution in [1.82, 2.24) is 9.55 Å². The number of aromatic amines is 1. The quantitative estimate of drug-likeness (QED) is 0.671. The summed E-state index contributed by atoms with van der Waals surface area (Å²) in [4.78, 5) is 19.3. The number of H-pyrrole nitrogens is 1. The number of fused-ring (bicyclic) bond motifs is 1. The molecule has 5 nitrogen and oxygen atoms in total. The first-order valence-electron chi connectivity index (χ1n) is 7.06. The van der Waals surface area contributed by atoms with E-state index in [0.29, 0.717) is 6.54 Å². The third-order valence-corrected chi connectivity index (χ3v) is 4.00. The van der Waals surface area contributed by atoms with Crippen LogP contribution in [-0.2, 0) is 6.54 Å². The highest BCUT2D eigenvalue weighted by molar-refractivity contribution is 7.71. The van der Waals surface area contributed by atoms with Crippen molar-refractivity contribution < 1.29 is 5.11 Å². The smallest absolute Gasteiger partial charge is 0.262 e. The molecule has 6 heteroatoms. The van der Waals surface area contributed by atoms with Crippen molar-refractivity contribution in [2.24, 2.45) is 4.99 Å². The fourth-order valence-corrected chi connectivity index (χ4v) is 2.82. The average molecular weight is 325 g/mol. The second-order valence-corrected chi connectivity index (χ2v) is 5.55. The molecule has 3 rings (SSSR count). The van der Waals surface area contributed by atoms with Crippen molar-refractivity contribution in [1.29, 1.82) is 0 Å². The van der Waals surface area contributed by atoms with Crippen LogP contribution < -0.4 is 5.56 Å². The van der Waals surface area contributed by atoms with Gasteiger partial charge in [-0.15, -0.1) is 6.58 Å². The van der Waals surface area contributed by atoms with Crippen LogP contribution in [0.3, 0.4) is 0 Å². The molecule has 1 aliphatic heterocycles. The molecule has 1 aromatic heterocycles. The first-order chi connectivity index (χ1) is 11.0. The molecule has 0 aliphatic carbocycles. The Morgan fingerprint density at radius 3 is 2.91 bits per heavy atom. The summed E-state index contributed by atoms with van der Waals surface area (Å²) in [5, 5.41) is 10.4. The number of hydrogen-bond donors (Lipinski definition) is 2. The minimum Gasteiger partial charge on any atom is -0.494 e. The van der Waals surface area contributed by atoms with Gasteiger partial charge in [0.15, 0.2) is 4.77 Å². The Bertz CT molecular complexity index is 980. The van der Waals surface area contributed by atoms with Gasteiger partial charge < -0.3 is 5.11 Å². The summed E-state index contributed by atoms with van der Waals surface area (Å²) in [6.45, 7) is 5.81. The Morgan fingerprint density at radius 2 is 2.17 bits per heavy atom. The van der Waals surface area contributed by atoms with Gasteiger partial charge in [-0.3, -0.25) is 19.3 Å². The molecule has 0 fully saturated rings. The van der Waals surface area contributed by atoms with E-state index in [-0.39, 0.29) is 16.2 Å². The van der Waals surface area contributed by atoms with Gasteiger partial charge in [-0.25, -0.2) is 0 Å². The van der Waals surface area contributed by atoms with Crippen LogP contribution in [0.15, 0.2) is 46.7 Å². The van der Waals surface area contributed by atoms with Crippen LogP contribution in [0.25, 0.3) is 11.6 Å². The normalized spacial score (nSPS) is 14.7. The Labute approximate surface area is 138 Å². The van der Waals surface area contributed by atoms with Gasteiger partial charge in [-0.2, -0.15) is 0 Å². The standard InChI is InChI=1S/C17H15N3O2S/c1-3-8-20-16(22)13(15(21)19-17(20)23)9-12-10(2)18-14-7-5-4-6-11(12)14/h3-7,9,22H,1,8H2,2H3,(H,19,21,23)/b12-9-. The van der Waals surface area contributed by atoms with Crippen LogP contribution in [0.1, 0.15) is 18.1 Å². The van der Waals surface area contributed by atoms with Crippen molar-refractivity contribution in [3.05, 3.63) is 63.2 Å². The second kappa shape index (κ2) is 5.81. The maximum absolute atomic E-state index is 12.2. The number of aliphatic imine (C=N–C) groups is 1. The highest BCUT2D eigenvalue weighted by Gasteiger charge is 2.19. The molecule has 2 aromatic rings. The molecular formula is C17H15N3O2S. The van der Waals surface area contributed by atoms with Gasteiger partial charge >= 0.3 is 0 Å². The molecule has 0 unspecified atom stereocenters. The number of allylic oxidation sites excluding steroid dienone is 2. The number of nitrogens with one attached hydrogen (secondary N) is 1. The van der Waals surface area contributed by atoms with Crippen molar-refractivity contribution in [3.8, 4) is 5.88 Å². The maximum atomic E-state index is 12.2. The van der Waals surface area contributed by atoms with Crippen LogP contribution in [0.4, 0.5) is 5.69 Å². The van der Waals surface area contributed by atoms with Gasteiger partial charge in [0.1, 0.15) is 5.56 Å². The van der Waals surface area contributed by atoms with Gasteiger partial charge in [0.05, 0.1) is 5.69 Å². The lowest BCUT2D eigenvalue weighted by atomic mass is 10.0. The Balaban J connectivity index is 2.23. The number of rotatable bonds is 3. The molecule has 23 heavy (non-hydrogen) atoms. The predicted molar refractivity (Wildman–Crippen MR) is 94.8 cm³/mol. The summed E-state index contributed by atoms with van der Waals surface area (Å²) in [5.74, 6) is -0.177. The maximum Gasteiger partial charge on any atom is 0.262 e. The second-order valence-electron chi connectivity index (χ2n) is 5.17. The summed E-state index contributed by atoms with van der Waals surface area (Å²) >= 11 is 5.08. The lowest BCUT2D eigenvalue weighted by Gasteiger charge is -2.10. The summed E-state index contributed by atoms with van der Waals surface area (Å²) in [7, 11) is 0. The summed E-state index contributed by atoms with van der Waals surface area (Å²) in [6.07, 6.45) is 3.25. The van der Waals surface area contributed by atoms with E-state index < -0.39 is 5.56 Å². The highest BCUT2D eigenvalue weighted by atomic mass is 32.1. The van der Waals surface area contributed by atoms with E-state index in [1.807, 2.05) is 31.2 Å². The zero-order chi connectivity index (χ0) is 16.6. The van der Waals surface area contributed by atoms with E-state index in [2.05, 4.69) is 16.6 Å². The molecule has 116 valence electrons. The molecule has 0 spiro atoms. The minimum absolute atomic E-state index is 0.154. The van der Waals surface area contributed by atoms with Gasteiger partial charge in [0.25, 0.3) is 5.56 Å². The third-order valence-electron chi connectivity index (χ3n) is 3.68. The van der Waals surface area contributed by atoms with E-state index in [1.165, 1.54) is 4.57 Å². The monoisotopic (exact) mass is 325 g/mol. The molecule has 1 aliphatic rings. The number of aromatic nitrogens is 2. The number of nitrogens with zero attached hydrogens (tertiary/aromatic N) is 2. The largest absolute Gasteiger partial charge is 0.494 e. The fourth-order valence-electron chi connectivity index (χ4n) is 2.56. The first kappa shape index (κ1) is 15.2. The van der Waals surface area contributed by atoms with Gasteiger partial charge in [0.2, 0.25) is 5.88 Å². The molecule has 0 saturated carbocycles. The van der Waals surface area contributed by atoms with Gasteiger partial charge in [0, 0.05) is 23.4 Å². The van der Waals surface area contributed by atoms with Crippen LogP contribution in [0, 0.1) is 4.77 Å². The SMILES string of the molecule is C=CCn1c(O)c(/C=C2/C(C)=Nc3ccccc32)c(=O)[nH]c1=S. The predicted octanol–water partition coefficient (Wildman–Crippen LogP) is 3.44. The number of hydrogen-bond acceptors (Lipinski definition) is 4. The summed E-state index contributed by atoms with van der Waals surface area (Å²) in [6, 6.07) is 7.67. The van der Waals surface area contributed by atoms with E-state index >= 15 is 0 Å². The molecular weight excluding hydrogens is 310 g/mol. The van der Waals surface area contributed by atoms with E-state index in [1.54, 1.807) is 12.2 Å². The van der Waals surface area contributed by atoms with Crippen molar-refractivity contribution in [3.63, 3.8) is 0 Å². The van der Waals surface area contributed by atoms with Crippen LogP contribution >= 0.6 is 12.2 Å². The van der Waals surface area contributed by atoms with Gasteiger partial charge in [-0.1, -0.05) is 24.3 Å². The van der Waals surface area contributed by atoms with Crippen LogP contribution in [-0.4, -0.2) is 20.4 Å². The Morgan fingerprint density at radius 1 is 1.43 bits per heavy atom. The van der Waals surface area contributed by atoms with Crippen molar-refractivity contribution >= 4 is 35.3 Å². The average Bonchev–Trinajstić information content (AvgIpc) is 2.83. The lowest BCUT2D eigenvalue weighted by molar-refractivity contribution is 0.413. The van der Waals surface area contributed by atoms with Gasteiger partial charge in [-0.05, 0) is 31.3 Å². The zero-order valence-corrected chi connectivity index (χ0v) is 13.4. The molecule has 2 heterocycles. The fraction of sp³-hybridized carbons (Fsp3) is 0.118. The number of aromatic hydroxyl groups is 1. The molecule has 2 N–H and O–H groups in total. The highest BCUT2D eigenvalue weighted by Crippen LogP contribution is 2.35. The topological polar surface area (TPSA) is 70.4 Å². The molecule has 0 atom stereocenters. The van der Waals surface area contributed by atoms with E-state index in [0.717, 1.165) is 22.5 Å². The van der Waals surface area contributed by atoms with E-state index in [9.17, 15) is 9.90 Å². The molecule has 0 saturated heterocycles. The zero-order valence-electron chi connectivity index (χ0n) is 12.5. The summed E-state index contributed by atoms with van der Waals surface area (Å²) < 4.78 is 1.58. The molecule has 1 aromatic carbocycles. The van der Waals surface area contributed by atoms with Crippen LogP contribution in [0.5, 0.6) is 5.88 Å². The van der Waals surface area contributed by atoms with Crippen molar-refractivity contribution in [2.45, 2.75) is 13.5 Å². The molecule has 0 radical (unpaired) electrons. The minimum atomic E-state index is -0.433. The van der Waals surface area contributed by atoms with Crippen LogP contribution in [0.2, 0.25) is 0 Å². The third kappa shape index (κ3) is 2.57. The van der Waals surface area contributed by atoms with E-state index in [4.69, 9.17) is 12.2 Å². The van der Waals surface area contributed by atoms with Crippen molar-refractivity contribution in [2.75, 3.05) is 0 Å². The molecule has 0 amide bonds. The lowest BCUT2D eigenvalue weighted by Crippen LogP contribution is -2.16. The summed E-state index contributed by atoms with van der Waals surface area (Å²) in [5.41, 5.74) is 3.11. The number of benzene rings is 1. The molecule has 0 bridgehead atoms. The first-order valence-corrected chi connectivity index (χ1v) is 7.47. The Kier molecular flexibility index (Phi) is 3.83. The Hall–Kier alpha value is -2.73. The number of para-hydroxylation sites is 1.